The topological polar surface area (TPSA) is 69.7 Å². The molecule has 0 aromatic heterocycles. The van der Waals surface area contributed by atoms with Crippen LogP contribution in [0.2, 0.25) is 0 Å². The minimum Gasteiger partial charge on any atom is -0.340 e. The van der Waals surface area contributed by atoms with Crippen molar-refractivity contribution in [2.45, 2.75) is 31.7 Å². The van der Waals surface area contributed by atoms with Crippen molar-refractivity contribution < 1.29 is 13.2 Å². The summed E-state index contributed by atoms with van der Waals surface area (Å²) in [6, 6.07) is 0.487. The number of piperazine rings is 1. The van der Waals surface area contributed by atoms with E-state index in [1.165, 1.54) is 17.0 Å². The van der Waals surface area contributed by atoms with Crippen molar-refractivity contribution >= 4 is 28.3 Å². The zero-order valence-corrected chi connectivity index (χ0v) is 13.5. The average Bonchev–Trinajstić information content (AvgIpc) is 2.88. The summed E-state index contributed by atoms with van der Waals surface area (Å²) in [5.74, 6) is 0.154. The Bertz CT molecular complexity index is 416. The van der Waals surface area contributed by atoms with Crippen LogP contribution in [0, 0.1) is 0 Å². The van der Waals surface area contributed by atoms with Gasteiger partial charge in [0.05, 0.1) is 6.26 Å². The van der Waals surface area contributed by atoms with Gasteiger partial charge in [-0.3, -0.25) is 4.79 Å². The Morgan fingerprint density at radius 3 is 2.40 bits per heavy atom. The van der Waals surface area contributed by atoms with E-state index in [-0.39, 0.29) is 18.3 Å². The molecule has 1 N–H and O–H groups in total. The highest BCUT2D eigenvalue weighted by Gasteiger charge is 2.26. The van der Waals surface area contributed by atoms with Gasteiger partial charge in [0.15, 0.2) is 0 Å². The summed E-state index contributed by atoms with van der Waals surface area (Å²) in [6.45, 7) is 2.94. The van der Waals surface area contributed by atoms with Crippen molar-refractivity contribution in [1.29, 1.82) is 0 Å². The summed E-state index contributed by atoms with van der Waals surface area (Å²) in [5.41, 5.74) is 0. The van der Waals surface area contributed by atoms with Gasteiger partial charge in [-0.05, 0) is 25.8 Å². The number of halogens is 1. The molecule has 1 atom stereocenters. The van der Waals surface area contributed by atoms with E-state index in [2.05, 4.69) is 5.32 Å². The van der Waals surface area contributed by atoms with Crippen LogP contribution >= 0.6 is 12.4 Å². The molecule has 0 spiro atoms. The predicted octanol–water partition coefficient (Wildman–Crippen LogP) is 0.0442. The fourth-order valence-corrected chi connectivity index (χ4v) is 3.55. The van der Waals surface area contributed by atoms with Crippen molar-refractivity contribution in [2.24, 2.45) is 0 Å². The molecule has 2 aliphatic heterocycles. The van der Waals surface area contributed by atoms with Gasteiger partial charge in [0.1, 0.15) is 0 Å². The van der Waals surface area contributed by atoms with E-state index in [0.29, 0.717) is 38.6 Å². The third-order valence-corrected chi connectivity index (χ3v) is 5.23. The number of nitrogens with zero attached hydrogens (tertiary/aromatic N) is 2. The molecule has 2 saturated heterocycles. The van der Waals surface area contributed by atoms with E-state index in [0.717, 1.165) is 19.4 Å². The Labute approximate surface area is 127 Å². The summed E-state index contributed by atoms with van der Waals surface area (Å²) < 4.78 is 24.2. The fraction of sp³-hybridized carbons (Fsp3) is 0.917. The number of carbonyl (C=O) groups is 1. The normalized spacial score (nSPS) is 24.4. The van der Waals surface area contributed by atoms with Gasteiger partial charge in [0.2, 0.25) is 15.9 Å². The lowest BCUT2D eigenvalue weighted by Crippen LogP contribution is -2.50. The summed E-state index contributed by atoms with van der Waals surface area (Å²) >= 11 is 0. The molecule has 0 aliphatic carbocycles. The molecular formula is C12H24ClN3O3S. The largest absolute Gasteiger partial charge is 0.340 e. The zero-order chi connectivity index (χ0) is 13.9. The molecule has 1 amide bonds. The maximum Gasteiger partial charge on any atom is 0.222 e. The fourth-order valence-electron chi connectivity index (χ4n) is 2.73. The van der Waals surface area contributed by atoms with E-state index in [1.807, 2.05) is 0 Å². The van der Waals surface area contributed by atoms with Gasteiger partial charge in [-0.2, -0.15) is 4.31 Å². The van der Waals surface area contributed by atoms with Crippen LogP contribution < -0.4 is 5.32 Å². The van der Waals surface area contributed by atoms with Gasteiger partial charge in [-0.1, -0.05) is 0 Å². The van der Waals surface area contributed by atoms with Crippen LogP contribution in [-0.4, -0.2) is 68.6 Å². The van der Waals surface area contributed by atoms with Crippen LogP contribution in [0.1, 0.15) is 25.7 Å². The van der Waals surface area contributed by atoms with Crippen LogP contribution in [0.4, 0.5) is 0 Å². The zero-order valence-electron chi connectivity index (χ0n) is 11.9. The third kappa shape index (κ3) is 4.87. The van der Waals surface area contributed by atoms with Crippen molar-refractivity contribution in [3.8, 4) is 0 Å². The van der Waals surface area contributed by atoms with Crippen LogP contribution in [0.25, 0.3) is 0 Å². The van der Waals surface area contributed by atoms with Crippen molar-refractivity contribution in [3.05, 3.63) is 0 Å². The molecule has 2 heterocycles. The van der Waals surface area contributed by atoms with Gasteiger partial charge in [-0.15, -0.1) is 12.4 Å². The standard InChI is InChI=1S/C12H23N3O3S.ClH/c1-19(17,18)15-9-7-14(8-10-15)12(16)5-4-11-3-2-6-13-11;/h11,13H,2-10H2,1H3;1H. The molecule has 8 heteroatoms. The minimum atomic E-state index is -3.12. The Morgan fingerprint density at radius 1 is 1.25 bits per heavy atom. The Morgan fingerprint density at radius 2 is 1.90 bits per heavy atom. The highest BCUT2D eigenvalue weighted by molar-refractivity contribution is 7.88. The van der Waals surface area contributed by atoms with E-state index < -0.39 is 10.0 Å². The molecule has 0 aromatic rings. The van der Waals surface area contributed by atoms with Crippen LogP contribution in [0.5, 0.6) is 0 Å². The molecule has 0 radical (unpaired) electrons. The summed E-state index contributed by atoms with van der Waals surface area (Å²) in [6.07, 6.45) is 5.04. The second-order valence-electron chi connectivity index (χ2n) is 5.37. The number of sulfonamides is 1. The maximum atomic E-state index is 12.0. The lowest BCUT2D eigenvalue weighted by atomic mass is 10.1. The lowest BCUT2D eigenvalue weighted by Gasteiger charge is -2.33. The predicted molar refractivity (Wildman–Crippen MR) is 80.5 cm³/mol. The van der Waals surface area contributed by atoms with Gasteiger partial charge in [0, 0.05) is 38.6 Å². The molecule has 2 aliphatic rings. The molecule has 0 saturated carbocycles. The average molecular weight is 326 g/mol. The van der Waals surface area contributed by atoms with Gasteiger partial charge < -0.3 is 10.2 Å². The lowest BCUT2D eigenvalue weighted by molar-refractivity contribution is -0.132. The van der Waals surface area contributed by atoms with Gasteiger partial charge in [-0.25, -0.2) is 8.42 Å². The quantitative estimate of drug-likeness (QED) is 0.792. The van der Waals surface area contributed by atoms with Crippen LogP contribution in [0.15, 0.2) is 0 Å². The molecule has 118 valence electrons. The summed E-state index contributed by atoms with van der Waals surface area (Å²) in [7, 11) is -3.12. The highest BCUT2D eigenvalue weighted by Crippen LogP contribution is 2.13. The number of carbonyl (C=O) groups excluding carboxylic acids is 1. The van der Waals surface area contributed by atoms with Crippen LogP contribution in [-0.2, 0) is 14.8 Å². The highest BCUT2D eigenvalue weighted by atomic mass is 35.5. The smallest absolute Gasteiger partial charge is 0.222 e. The molecule has 6 nitrogen and oxygen atoms in total. The molecule has 2 fully saturated rings. The molecule has 20 heavy (non-hydrogen) atoms. The molecule has 1 unspecified atom stereocenters. The van der Waals surface area contributed by atoms with Crippen LogP contribution in [0.3, 0.4) is 0 Å². The van der Waals surface area contributed by atoms with Gasteiger partial charge in [0.25, 0.3) is 0 Å². The first-order valence-corrected chi connectivity index (χ1v) is 8.78. The van der Waals surface area contributed by atoms with E-state index >= 15 is 0 Å². The Hall–Kier alpha value is -0.370. The molecule has 0 aromatic carbocycles. The summed E-state index contributed by atoms with van der Waals surface area (Å²) in [5, 5.41) is 3.38. The first-order chi connectivity index (χ1) is 8.97. The number of nitrogens with one attached hydrogen (secondary N) is 1. The number of hydrogen-bond donors (Lipinski definition) is 1. The van der Waals surface area contributed by atoms with Crippen molar-refractivity contribution in [3.63, 3.8) is 0 Å². The SMILES string of the molecule is CS(=O)(=O)N1CCN(C(=O)CCC2CCCN2)CC1.Cl. The minimum absolute atomic E-state index is 0. The van der Waals surface area contributed by atoms with E-state index in [9.17, 15) is 13.2 Å². The maximum absolute atomic E-state index is 12.0. The number of rotatable bonds is 4. The first kappa shape index (κ1) is 17.7. The Balaban J connectivity index is 0.00000200. The first-order valence-electron chi connectivity index (χ1n) is 6.93. The molecule has 2 rings (SSSR count). The van der Waals surface area contributed by atoms with Gasteiger partial charge >= 0.3 is 0 Å². The van der Waals surface area contributed by atoms with Crippen molar-refractivity contribution in [2.75, 3.05) is 39.0 Å². The second kappa shape index (κ2) is 7.59. The molecule has 0 bridgehead atoms. The Kier molecular flexibility index (Phi) is 6.71. The number of hydrogen-bond acceptors (Lipinski definition) is 4. The second-order valence-corrected chi connectivity index (χ2v) is 7.36. The third-order valence-electron chi connectivity index (χ3n) is 3.93. The van der Waals surface area contributed by atoms with Crippen molar-refractivity contribution in [1.82, 2.24) is 14.5 Å². The van der Waals surface area contributed by atoms with E-state index in [1.54, 1.807) is 4.90 Å². The molecular weight excluding hydrogens is 302 g/mol. The number of amides is 1. The summed E-state index contributed by atoms with van der Waals surface area (Å²) in [4.78, 5) is 13.8. The van der Waals surface area contributed by atoms with E-state index in [4.69, 9.17) is 0 Å². The monoisotopic (exact) mass is 325 g/mol.